The molecule has 0 saturated heterocycles. The van der Waals surface area contributed by atoms with E-state index in [4.69, 9.17) is 4.52 Å². The lowest BCUT2D eigenvalue weighted by molar-refractivity contribution is -0.118. The maximum atomic E-state index is 12.7. The van der Waals surface area contributed by atoms with Gasteiger partial charge >= 0.3 is 0 Å². The molecule has 0 radical (unpaired) electrons. The third-order valence-corrected chi connectivity index (χ3v) is 5.93. The molecule has 1 aromatic carbocycles. The molecular formula is C20H27N3O4S. The molecule has 0 bridgehead atoms. The maximum Gasteiger partial charge on any atom is 0.226 e. The summed E-state index contributed by atoms with van der Waals surface area (Å²) >= 11 is 0. The number of aromatic nitrogens is 2. The zero-order valence-electron chi connectivity index (χ0n) is 16.9. The summed E-state index contributed by atoms with van der Waals surface area (Å²) in [7, 11) is -3.25. The summed E-state index contributed by atoms with van der Waals surface area (Å²) in [6, 6.07) is 5.01. The first-order valence-electron chi connectivity index (χ1n) is 9.52. The molecule has 0 atom stereocenters. The Morgan fingerprint density at radius 3 is 2.68 bits per heavy atom. The molecule has 0 spiro atoms. The highest BCUT2D eigenvalue weighted by atomic mass is 32.2. The second kappa shape index (κ2) is 7.66. The van der Waals surface area contributed by atoms with Gasteiger partial charge in [-0.2, -0.15) is 4.98 Å². The standard InChI is InChI=1S/C20H27N3O4S/c1-20(2,3)19-21-17(27-22-19)8-5-9-18(24)23-12-6-7-14-13-15(28(4,25)26)10-11-16(14)23/h10-11,13H,5-9,12H2,1-4H3. The lowest BCUT2D eigenvalue weighted by Crippen LogP contribution is -2.35. The van der Waals surface area contributed by atoms with Crippen LogP contribution in [0.2, 0.25) is 0 Å². The first-order valence-corrected chi connectivity index (χ1v) is 11.4. The molecule has 1 amide bonds. The largest absolute Gasteiger partial charge is 0.339 e. The van der Waals surface area contributed by atoms with Crippen LogP contribution in [0.1, 0.15) is 57.3 Å². The average molecular weight is 406 g/mol. The minimum Gasteiger partial charge on any atom is -0.339 e. The molecule has 8 heteroatoms. The lowest BCUT2D eigenvalue weighted by Gasteiger charge is -2.30. The predicted molar refractivity (Wildman–Crippen MR) is 106 cm³/mol. The summed E-state index contributed by atoms with van der Waals surface area (Å²) in [5.41, 5.74) is 1.56. The summed E-state index contributed by atoms with van der Waals surface area (Å²) < 4.78 is 28.8. The number of amides is 1. The van der Waals surface area contributed by atoms with E-state index in [0.29, 0.717) is 42.4 Å². The van der Waals surface area contributed by atoms with Crippen molar-refractivity contribution >= 4 is 21.4 Å². The van der Waals surface area contributed by atoms with Gasteiger partial charge in [0.2, 0.25) is 11.8 Å². The second-order valence-corrected chi connectivity index (χ2v) is 10.3. The van der Waals surface area contributed by atoms with Crippen molar-refractivity contribution in [3.05, 3.63) is 35.5 Å². The number of carbonyl (C=O) groups is 1. The second-order valence-electron chi connectivity index (χ2n) is 8.33. The third-order valence-electron chi connectivity index (χ3n) is 4.82. The number of fused-ring (bicyclic) bond motifs is 1. The first kappa shape index (κ1) is 20.5. The Balaban J connectivity index is 1.64. The van der Waals surface area contributed by atoms with Gasteiger partial charge in [-0.05, 0) is 43.0 Å². The van der Waals surface area contributed by atoms with E-state index in [9.17, 15) is 13.2 Å². The lowest BCUT2D eigenvalue weighted by atomic mass is 9.96. The van der Waals surface area contributed by atoms with Crippen LogP contribution in [0.25, 0.3) is 0 Å². The molecule has 3 rings (SSSR count). The van der Waals surface area contributed by atoms with E-state index < -0.39 is 9.84 Å². The van der Waals surface area contributed by atoms with Gasteiger partial charge in [0.05, 0.1) is 4.90 Å². The highest BCUT2D eigenvalue weighted by molar-refractivity contribution is 7.90. The first-order chi connectivity index (χ1) is 13.1. The van der Waals surface area contributed by atoms with Gasteiger partial charge < -0.3 is 9.42 Å². The van der Waals surface area contributed by atoms with E-state index >= 15 is 0 Å². The van der Waals surface area contributed by atoms with E-state index in [1.54, 1.807) is 23.1 Å². The van der Waals surface area contributed by atoms with E-state index in [1.165, 1.54) is 6.26 Å². The normalized spacial score (nSPS) is 14.8. The quantitative estimate of drug-likeness (QED) is 0.759. The van der Waals surface area contributed by atoms with Gasteiger partial charge in [-0.15, -0.1) is 0 Å². The van der Waals surface area contributed by atoms with Crippen LogP contribution < -0.4 is 4.90 Å². The van der Waals surface area contributed by atoms with E-state index in [-0.39, 0.29) is 11.3 Å². The molecule has 28 heavy (non-hydrogen) atoms. The minimum atomic E-state index is -3.25. The number of anilines is 1. The fraction of sp³-hybridized carbons (Fsp3) is 0.550. The van der Waals surface area contributed by atoms with Crippen LogP contribution in [0.3, 0.4) is 0 Å². The molecule has 1 aromatic heterocycles. The fourth-order valence-corrected chi connectivity index (χ4v) is 3.92. The Kier molecular flexibility index (Phi) is 5.61. The molecule has 1 aliphatic rings. The van der Waals surface area contributed by atoms with Crippen molar-refractivity contribution in [3.63, 3.8) is 0 Å². The van der Waals surface area contributed by atoms with E-state index in [2.05, 4.69) is 10.1 Å². The number of sulfone groups is 1. The molecule has 7 nitrogen and oxygen atoms in total. The summed E-state index contributed by atoms with van der Waals surface area (Å²) in [5.74, 6) is 1.25. The molecule has 0 aliphatic carbocycles. The molecule has 0 N–H and O–H groups in total. The highest BCUT2D eigenvalue weighted by Crippen LogP contribution is 2.30. The summed E-state index contributed by atoms with van der Waals surface area (Å²) in [6.07, 6.45) is 4.36. The maximum absolute atomic E-state index is 12.7. The van der Waals surface area contributed by atoms with Crippen molar-refractivity contribution in [2.75, 3.05) is 17.7 Å². The highest BCUT2D eigenvalue weighted by Gasteiger charge is 2.24. The van der Waals surface area contributed by atoms with Gasteiger partial charge in [0.1, 0.15) is 0 Å². The van der Waals surface area contributed by atoms with Crippen molar-refractivity contribution in [2.45, 2.75) is 63.2 Å². The van der Waals surface area contributed by atoms with Crippen molar-refractivity contribution < 1.29 is 17.7 Å². The van der Waals surface area contributed by atoms with Gasteiger partial charge in [0.25, 0.3) is 0 Å². The number of benzene rings is 1. The molecule has 0 fully saturated rings. The smallest absolute Gasteiger partial charge is 0.226 e. The van der Waals surface area contributed by atoms with Gasteiger partial charge in [0, 0.05) is 36.7 Å². The van der Waals surface area contributed by atoms with Crippen LogP contribution in [-0.4, -0.2) is 37.3 Å². The van der Waals surface area contributed by atoms with Gasteiger partial charge in [-0.25, -0.2) is 8.42 Å². The molecule has 152 valence electrons. The topological polar surface area (TPSA) is 93.4 Å². The Labute approximate surface area is 166 Å². The zero-order chi connectivity index (χ0) is 20.5. The Hall–Kier alpha value is -2.22. The van der Waals surface area contributed by atoms with Gasteiger partial charge in [-0.3, -0.25) is 4.79 Å². The predicted octanol–water partition coefficient (Wildman–Crippen LogP) is 3.07. The van der Waals surface area contributed by atoms with Crippen molar-refractivity contribution in [2.24, 2.45) is 0 Å². The van der Waals surface area contributed by atoms with Crippen molar-refractivity contribution in [1.82, 2.24) is 10.1 Å². The molecule has 0 saturated carbocycles. The van der Waals surface area contributed by atoms with Crippen molar-refractivity contribution in [1.29, 1.82) is 0 Å². The van der Waals surface area contributed by atoms with Crippen LogP contribution in [-0.2, 0) is 32.9 Å². The molecule has 1 aliphatic heterocycles. The number of hydrogen-bond donors (Lipinski definition) is 0. The van der Waals surface area contributed by atoms with Crippen LogP contribution in [0.5, 0.6) is 0 Å². The Morgan fingerprint density at radius 2 is 2.04 bits per heavy atom. The van der Waals surface area contributed by atoms with Crippen LogP contribution >= 0.6 is 0 Å². The molecular weight excluding hydrogens is 378 g/mol. The van der Waals surface area contributed by atoms with Crippen LogP contribution in [0.4, 0.5) is 5.69 Å². The Morgan fingerprint density at radius 1 is 1.29 bits per heavy atom. The number of carbonyl (C=O) groups excluding carboxylic acids is 1. The van der Waals surface area contributed by atoms with Crippen LogP contribution in [0.15, 0.2) is 27.6 Å². The van der Waals surface area contributed by atoms with Gasteiger partial charge in [-0.1, -0.05) is 25.9 Å². The summed E-state index contributed by atoms with van der Waals surface area (Å²) in [4.78, 5) is 19.2. The Bertz CT molecular complexity index is 974. The zero-order valence-corrected chi connectivity index (χ0v) is 17.7. The van der Waals surface area contributed by atoms with Gasteiger partial charge in [0.15, 0.2) is 15.7 Å². The SMILES string of the molecule is CC(C)(C)c1noc(CCCC(=O)N2CCCc3cc(S(C)(=O)=O)ccc32)n1. The van der Waals surface area contributed by atoms with Crippen LogP contribution in [0, 0.1) is 0 Å². The monoisotopic (exact) mass is 405 g/mol. The number of nitrogens with zero attached hydrogens (tertiary/aromatic N) is 3. The van der Waals surface area contributed by atoms with E-state index in [0.717, 1.165) is 24.1 Å². The fourth-order valence-electron chi connectivity index (χ4n) is 3.25. The molecule has 2 aromatic rings. The molecule has 0 unspecified atom stereocenters. The third kappa shape index (κ3) is 4.60. The molecule has 2 heterocycles. The number of hydrogen-bond acceptors (Lipinski definition) is 6. The average Bonchev–Trinajstić information content (AvgIpc) is 3.09. The van der Waals surface area contributed by atoms with E-state index in [1.807, 2.05) is 20.8 Å². The summed E-state index contributed by atoms with van der Waals surface area (Å²) in [5, 5.41) is 4.00. The minimum absolute atomic E-state index is 0.0311. The van der Waals surface area contributed by atoms with Crippen molar-refractivity contribution in [3.8, 4) is 0 Å². The number of aryl methyl sites for hydroxylation is 2. The summed E-state index contributed by atoms with van der Waals surface area (Å²) in [6.45, 7) is 6.72. The number of rotatable bonds is 5.